The number of H-pyrrole nitrogens is 1. The van der Waals surface area contributed by atoms with Gasteiger partial charge in [-0.15, -0.1) is 6.42 Å². The summed E-state index contributed by atoms with van der Waals surface area (Å²) in [5.41, 5.74) is 8.43. The van der Waals surface area contributed by atoms with Gasteiger partial charge < -0.3 is 14.8 Å². The van der Waals surface area contributed by atoms with Crippen LogP contribution in [-0.4, -0.2) is 43.1 Å². The molecule has 0 spiro atoms. The van der Waals surface area contributed by atoms with Crippen molar-refractivity contribution in [2.45, 2.75) is 25.7 Å². The zero-order valence-corrected chi connectivity index (χ0v) is 18.0. The molecule has 0 atom stereocenters. The van der Waals surface area contributed by atoms with Gasteiger partial charge in [-0.25, -0.2) is 0 Å². The number of hydrogen-bond acceptors (Lipinski definition) is 2. The minimum atomic E-state index is -0.121. The summed E-state index contributed by atoms with van der Waals surface area (Å²) >= 11 is 6.80. The first-order valence-corrected chi connectivity index (χ1v) is 10.6. The molecule has 0 radical (unpaired) electrons. The fraction of sp³-hybridized carbons (Fsp3) is 0.360. The molecule has 1 aromatic heterocycles. The molecular weight excluding hydrogens is 378 g/mol. The molecular formula is C25H26ClN3. The first-order valence-electron chi connectivity index (χ1n) is 10.3. The lowest BCUT2D eigenvalue weighted by atomic mass is 9.71. The Morgan fingerprint density at radius 3 is 2.59 bits per heavy atom. The van der Waals surface area contributed by atoms with Crippen molar-refractivity contribution < 1.29 is 0 Å². The zero-order valence-electron chi connectivity index (χ0n) is 17.3. The zero-order chi connectivity index (χ0) is 20.3. The first kappa shape index (κ1) is 18.6. The molecule has 1 fully saturated rings. The number of nitrogens with zero attached hydrogens (tertiary/aromatic N) is 2. The highest BCUT2D eigenvalue weighted by molar-refractivity contribution is 6.33. The number of aromatic nitrogens is 1. The van der Waals surface area contributed by atoms with Gasteiger partial charge >= 0.3 is 0 Å². The Kier molecular flexibility index (Phi) is 4.21. The van der Waals surface area contributed by atoms with E-state index in [0.29, 0.717) is 0 Å². The lowest BCUT2D eigenvalue weighted by molar-refractivity contribution is 0.313. The molecule has 0 saturated carbocycles. The highest BCUT2D eigenvalue weighted by atomic mass is 35.5. The molecule has 1 saturated heterocycles. The number of rotatable bonds is 1. The maximum Gasteiger partial charge on any atom is 0.0642 e. The van der Waals surface area contributed by atoms with Gasteiger partial charge in [0, 0.05) is 60.2 Å². The van der Waals surface area contributed by atoms with Crippen LogP contribution < -0.4 is 4.90 Å². The molecule has 3 nitrogen and oxygen atoms in total. The average Bonchev–Trinajstić information content (AvgIpc) is 3.07. The fourth-order valence-electron chi connectivity index (χ4n) is 5.01. The molecule has 1 aliphatic carbocycles. The van der Waals surface area contributed by atoms with Crippen molar-refractivity contribution >= 4 is 28.2 Å². The summed E-state index contributed by atoms with van der Waals surface area (Å²) in [6, 6.07) is 10.8. The van der Waals surface area contributed by atoms with E-state index in [4.69, 9.17) is 18.0 Å². The maximum atomic E-state index is 6.80. The number of benzene rings is 2. The Bertz CT molecular complexity index is 1160. The minimum Gasteiger partial charge on any atom is -0.368 e. The summed E-state index contributed by atoms with van der Waals surface area (Å²) in [7, 11) is 2.18. The second-order valence-electron chi connectivity index (χ2n) is 8.94. The van der Waals surface area contributed by atoms with Crippen LogP contribution in [0.4, 0.5) is 5.69 Å². The van der Waals surface area contributed by atoms with Gasteiger partial charge in [-0.3, -0.25) is 0 Å². The van der Waals surface area contributed by atoms with E-state index in [2.05, 4.69) is 65.9 Å². The number of aromatic amines is 1. The topological polar surface area (TPSA) is 22.3 Å². The van der Waals surface area contributed by atoms with Crippen molar-refractivity contribution in [3.05, 3.63) is 63.3 Å². The number of likely N-dealkylation sites (N-methyl/N-ethyl adjacent to an activating group) is 1. The third kappa shape index (κ3) is 2.86. The van der Waals surface area contributed by atoms with Crippen LogP contribution in [0.3, 0.4) is 0 Å². The molecule has 1 aliphatic heterocycles. The fourth-order valence-corrected chi connectivity index (χ4v) is 5.31. The highest BCUT2D eigenvalue weighted by Gasteiger charge is 2.36. The normalized spacial score (nSPS) is 18.4. The number of anilines is 1. The van der Waals surface area contributed by atoms with Gasteiger partial charge in [0.15, 0.2) is 0 Å². The summed E-state index contributed by atoms with van der Waals surface area (Å²) < 4.78 is 0. The van der Waals surface area contributed by atoms with E-state index >= 15 is 0 Å². The first-order chi connectivity index (χ1) is 13.9. The smallest absolute Gasteiger partial charge is 0.0642 e. The average molecular weight is 404 g/mol. The summed E-state index contributed by atoms with van der Waals surface area (Å²) in [5, 5.41) is 2.12. The maximum absolute atomic E-state index is 6.80. The van der Waals surface area contributed by atoms with E-state index < -0.39 is 0 Å². The second kappa shape index (κ2) is 6.55. The van der Waals surface area contributed by atoms with E-state index in [1.807, 2.05) is 6.07 Å². The van der Waals surface area contributed by atoms with Gasteiger partial charge in [-0.1, -0.05) is 37.4 Å². The number of terminal acetylenes is 1. The Labute approximate surface area is 177 Å². The molecule has 4 heteroatoms. The van der Waals surface area contributed by atoms with Gasteiger partial charge in [0.2, 0.25) is 0 Å². The van der Waals surface area contributed by atoms with Crippen molar-refractivity contribution in [1.29, 1.82) is 0 Å². The van der Waals surface area contributed by atoms with Crippen LogP contribution in [0, 0.1) is 12.3 Å². The largest absolute Gasteiger partial charge is 0.368 e. The SMILES string of the molecule is C#Cc1ccc2c3c([nH]c2c1)C(C)(C)c1cc(N2CCN(C)CC2)c(Cl)cc1C3. The quantitative estimate of drug-likeness (QED) is 0.590. The van der Waals surface area contributed by atoms with Gasteiger partial charge in [0.05, 0.1) is 10.7 Å². The van der Waals surface area contributed by atoms with Crippen LogP contribution >= 0.6 is 11.6 Å². The van der Waals surface area contributed by atoms with Crippen LogP contribution in [0.15, 0.2) is 30.3 Å². The Morgan fingerprint density at radius 1 is 1.10 bits per heavy atom. The monoisotopic (exact) mass is 403 g/mol. The third-order valence-electron chi connectivity index (χ3n) is 6.75. The minimum absolute atomic E-state index is 0.121. The summed E-state index contributed by atoms with van der Waals surface area (Å²) in [6.45, 7) is 8.79. The molecule has 2 aromatic carbocycles. The number of halogens is 1. The Balaban J connectivity index is 1.63. The van der Waals surface area contributed by atoms with Gasteiger partial charge in [-0.05, 0) is 48.0 Å². The molecule has 1 N–H and O–H groups in total. The molecule has 29 heavy (non-hydrogen) atoms. The second-order valence-corrected chi connectivity index (χ2v) is 9.34. The lowest BCUT2D eigenvalue weighted by Crippen LogP contribution is -2.44. The van der Waals surface area contributed by atoms with Gasteiger partial charge in [-0.2, -0.15) is 0 Å². The molecule has 148 valence electrons. The van der Waals surface area contributed by atoms with E-state index in [9.17, 15) is 0 Å². The van der Waals surface area contributed by atoms with Crippen molar-refractivity contribution in [3.8, 4) is 12.3 Å². The number of hydrogen-bond donors (Lipinski definition) is 1. The summed E-state index contributed by atoms with van der Waals surface area (Å²) in [6.07, 6.45) is 6.51. The van der Waals surface area contributed by atoms with E-state index in [1.165, 1.54) is 33.5 Å². The van der Waals surface area contributed by atoms with E-state index in [1.54, 1.807) is 0 Å². The molecule has 0 unspecified atom stereocenters. The predicted molar refractivity (Wildman–Crippen MR) is 122 cm³/mol. The molecule has 5 rings (SSSR count). The number of piperazine rings is 1. The Hall–Kier alpha value is -2.41. The third-order valence-corrected chi connectivity index (χ3v) is 7.06. The number of nitrogens with one attached hydrogen (secondary N) is 1. The van der Waals surface area contributed by atoms with Crippen LogP contribution in [-0.2, 0) is 11.8 Å². The lowest BCUT2D eigenvalue weighted by Gasteiger charge is -2.38. The van der Waals surface area contributed by atoms with Crippen LogP contribution in [0.2, 0.25) is 5.02 Å². The molecule has 3 aromatic rings. The number of fused-ring (bicyclic) bond motifs is 4. The molecule has 0 amide bonds. The van der Waals surface area contributed by atoms with Crippen molar-refractivity contribution in [1.82, 2.24) is 9.88 Å². The highest BCUT2D eigenvalue weighted by Crippen LogP contribution is 2.46. The van der Waals surface area contributed by atoms with Crippen LogP contribution in [0.25, 0.3) is 10.9 Å². The van der Waals surface area contributed by atoms with Gasteiger partial charge in [0.25, 0.3) is 0 Å². The molecule has 2 aliphatic rings. The van der Waals surface area contributed by atoms with Crippen molar-refractivity contribution in [2.24, 2.45) is 0 Å². The summed E-state index contributed by atoms with van der Waals surface area (Å²) in [5.74, 6) is 2.75. The molecule has 2 heterocycles. The standard InChI is InChI=1S/C25H26ClN3/c1-5-16-6-7-18-19-13-17-14-21(26)23(29-10-8-28(4)9-11-29)15-20(17)25(2,3)24(19)27-22(18)12-16/h1,6-7,12,14-15,27H,8-11,13H2,2-4H3. The predicted octanol–water partition coefficient (Wildman–Crippen LogP) is 4.78. The Morgan fingerprint density at radius 2 is 1.86 bits per heavy atom. The molecule has 0 bridgehead atoms. The van der Waals surface area contributed by atoms with Crippen molar-refractivity contribution in [2.75, 3.05) is 38.1 Å². The van der Waals surface area contributed by atoms with Crippen molar-refractivity contribution in [3.63, 3.8) is 0 Å². The van der Waals surface area contributed by atoms with Crippen LogP contribution in [0.1, 0.15) is 41.8 Å². The van der Waals surface area contributed by atoms with E-state index in [0.717, 1.165) is 48.7 Å². The summed E-state index contributed by atoms with van der Waals surface area (Å²) in [4.78, 5) is 8.49. The van der Waals surface area contributed by atoms with E-state index in [-0.39, 0.29) is 5.41 Å². The van der Waals surface area contributed by atoms with Crippen LogP contribution in [0.5, 0.6) is 0 Å². The van der Waals surface area contributed by atoms with Gasteiger partial charge in [0.1, 0.15) is 0 Å².